The van der Waals surface area contributed by atoms with Gasteiger partial charge in [-0.3, -0.25) is 4.79 Å². The molecule has 6 heteroatoms. The molecular weight excluding hydrogens is 442 g/mol. The average molecular weight is 476 g/mol. The van der Waals surface area contributed by atoms with Crippen LogP contribution < -0.4 is 9.46 Å². The Balaban J connectivity index is 0.00000158. The lowest BCUT2D eigenvalue weighted by molar-refractivity contribution is 0.103. The maximum Gasteiger partial charge on any atom is 0.214 e. The van der Waals surface area contributed by atoms with Crippen molar-refractivity contribution in [3.63, 3.8) is 0 Å². The number of ether oxygens (including phenoxy) is 1. The standard InChI is InChI=1S/C26H27N3O2S.C2H6/c1-17-10-12-19(13-11-17)25(30)24-18(2)29(26-21(24)14-15-23(27-26)31-3)16-20-8-6-7-9-22(20)28-32(4)5;1-2/h6-15,28H,4,16H2,1-3,5H3;1-2H3. The molecule has 34 heavy (non-hydrogen) atoms. The van der Waals surface area contributed by atoms with E-state index >= 15 is 0 Å². The molecule has 0 aliphatic carbocycles. The van der Waals surface area contributed by atoms with Crippen LogP contribution in [-0.4, -0.2) is 34.6 Å². The van der Waals surface area contributed by atoms with Gasteiger partial charge in [-0.25, -0.2) is 0 Å². The molecule has 0 radical (unpaired) electrons. The van der Waals surface area contributed by atoms with Gasteiger partial charge in [0, 0.05) is 28.4 Å². The Kier molecular flexibility index (Phi) is 8.29. The first-order valence-electron chi connectivity index (χ1n) is 11.3. The zero-order valence-electron chi connectivity index (χ0n) is 20.8. The number of fused-ring (bicyclic) bond motifs is 1. The Bertz CT molecular complexity index is 1320. The molecule has 2 aromatic heterocycles. The summed E-state index contributed by atoms with van der Waals surface area (Å²) in [5.41, 5.74) is 6.22. The molecule has 0 aliphatic heterocycles. The lowest BCUT2D eigenvalue weighted by atomic mass is 10.0. The van der Waals surface area contributed by atoms with Gasteiger partial charge in [-0.05, 0) is 37.8 Å². The minimum absolute atomic E-state index is 0.00233. The maximum atomic E-state index is 13.5. The summed E-state index contributed by atoms with van der Waals surface area (Å²) in [4.78, 5) is 18.2. The van der Waals surface area contributed by atoms with Gasteiger partial charge in [-0.2, -0.15) is 4.98 Å². The SMILES string of the molecule is C=S(C)Nc1ccccc1Cn1c(C)c(C(=O)c2ccc(C)cc2)c2ccc(OC)nc21.CC. The minimum Gasteiger partial charge on any atom is -0.481 e. The van der Waals surface area contributed by atoms with E-state index in [2.05, 4.69) is 27.3 Å². The number of nitrogens with zero attached hydrogens (tertiary/aromatic N) is 2. The van der Waals surface area contributed by atoms with Crippen molar-refractivity contribution in [2.24, 2.45) is 0 Å². The van der Waals surface area contributed by atoms with Gasteiger partial charge < -0.3 is 14.0 Å². The molecule has 5 nitrogen and oxygen atoms in total. The van der Waals surface area contributed by atoms with E-state index in [1.807, 2.05) is 76.4 Å². The van der Waals surface area contributed by atoms with Gasteiger partial charge in [0.25, 0.3) is 0 Å². The highest BCUT2D eigenvalue weighted by molar-refractivity contribution is 8.14. The molecule has 178 valence electrons. The number of hydrogen-bond acceptors (Lipinski definition) is 4. The number of methoxy groups -OCH3 is 1. The summed E-state index contributed by atoms with van der Waals surface area (Å²) in [6, 6.07) is 19.6. The number of carbonyl (C=O) groups is 1. The average Bonchev–Trinajstić information content (AvgIpc) is 3.11. The second-order valence-corrected chi connectivity index (χ2v) is 9.34. The molecule has 0 aliphatic rings. The highest BCUT2D eigenvalue weighted by atomic mass is 32.2. The van der Waals surface area contributed by atoms with Crippen molar-refractivity contribution >= 4 is 39.0 Å². The number of pyridine rings is 1. The van der Waals surface area contributed by atoms with Crippen LogP contribution in [0.1, 0.15) is 46.6 Å². The lowest BCUT2D eigenvalue weighted by Gasteiger charge is -2.15. The number of benzene rings is 2. The number of aromatic nitrogens is 2. The van der Waals surface area contributed by atoms with E-state index in [4.69, 9.17) is 9.72 Å². The van der Waals surface area contributed by atoms with Crippen molar-refractivity contribution in [3.8, 4) is 5.88 Å². The number of rotatable bonds is 7. The van der Waals surface area contributed by atoms with Crippen LogP contribution >= 0.6 is 10.7 Å². The monoisotopic (exact) mass is 475 g/mol. The first-order chi connectivity index (χ1) is 16.4. The molecule has 0 amide bonds. The van der Waals surface area contributed by atoms with Gasteiger partial charge in [0.15, 0.2) is 5.78 Å². The second-order valence-electron chi connectivity index (χ2n) is 7.86. The molecule has 0 saturated heterocycles. The van der Waals surface area contributed by atoms with E-state index in [9.17, 15) is 4.79 Å². The third-order valence-corrected chi connectivity index (χ3v) is 6.09. The summed E-state index contributed by atoms with van der Waals surface area (Å²) in [6.07, 6.45) is 2.04. The number of carbonyl (C=O) groups excluding carboxylic acids is 1. The predicted molar refractivity (Wildman–Crippen MR) is 147 cm³/mol. The number of para-hydroxylation sites is 1. The van der Waals surface area contributed by atoms with Gasteiger partial charge in [-0.15, -0.1) is 10.7 Å². The molecule has 1 N–H and O–H groups in total. The van der Waals surface area contributed by atoms with Crippen molar-refractivity contribution in [2.75, 3.05) is 18.1 Å². The molecule has 1 atom stereocenters. The first-order valence-corrected chi connectivity index (χ1v) is 13.1. The van der Waals surface area contributed by atoms with Gasteiger partial charge in [0.1, 0.15) is 5.65 Å². The Hall–Kier alpha value is -3.38. The van der Waals surface area contributed by atoms with E-state index in [1.54, 1.807) is 13.2 Å². The highest BCUT2D eigenvalue weighted by Crippen LogP contribution is 2.31. The normalized spacial score (nSPS) is 11.5. The third kappa shape index (κ3) is 5.23. The summed E-state index contributed by atoms with van der Waals surface area (Å²) in [7, 11) is 1.40. The first kappa shape index (κ1) is 25.2. The smallest absolute Gasteiger partial charge is 0.214 e. The zero-order valence-corrected chi connectivity index (χ0v) is 21.6. The van der Waals surface area contributed by atoms with Gasteiger partial charge in [0.2, 0.25) is 5.88 Å². The number of anilines is 1. The summed E-state index contributed by atoms with van der Waals surface area (Å²) < 4.78 is 10.9. The molecule has 2 aromatic carbocycles. The van der Waals surface area contributed by atoms with Crippen molar-refractivity contribution in [1.29, 1.82) is 0 Å². The van der Waals surface area contributed by atoms with E-state index in [0.29, 0.717) is 23.6 Å². The Morgan fingerprint density at radius 3 is 2.38 bits per heavy atom. The van der Waals surface area contributed by atoms with Crippen LogP contribution in [0, 0.1) is 13.8 Å². The fraction of sp³-hybridized carbons (Fsp3) is 0.250. The molecular formula is C28H33N3O2S. The van der Waals surface area contributed by atoms with Crippen LogP contribution in [0.15, 0.2) is 60.7 Å². The predicted octanol–water partition coefficient (Wildman–Crippen LogP) is 6.62. The van der Waals surface area contributed by atoms with Crippen LogP contribution in [0.25, 0.3) is 11.0 Å². The van der Waals surface area contributed by atoms with Gasteiger partial charge in [0.05, 0.1) is 19.2 Å². The number of aryl methyl sites for hydroxylation is 1. The Morgan fingerprint density at radius 2 is 1.74 bits per heavy atom. The van der Waals surface area contributed by atoms with Gasteiger partial charge in [-0.1, -0.05) is 67.7 Å². The lowest BCUT2D eigenvalue weighted by Crippen LogP contribution is -2.08. The topological polar surface area (TPSA) is 56.2 Å². The quantitative estimate of drug-likeness (QED) is 0.241. The number of hydrogen-bond donors (Lipinski definition) is 1. The second kappa shape index (κ2) is 11.2. The van der Waals surface area contributed by atoms with E-state index < -0.39 is 0 Å². The number of nitrogens with one attached hydrogen (secondary N) is 1. The largest absolute Gasteiger partial charge is 0.481 e. The van der Waals surface area contributed by atoms with Crippen LogP contribution in [0.3, 0.4) is 0 Å². The van der Waals surface area contributed by atoms with Gasteiger partial charge >= 0.3 is 0 Å². The maximum absolute atomic E-state index is 13.5. The summed E-state index contributed by atoms with van der Waals surface area (Å²) in [5.74, 6) is 4.59. The van der Waals surface area contributed by atoms with Crippen LogP contribution in [-0.2, 0) is 6.54 Å². The summed E-state index contributed by atoms with van der Waals surface area (Å²) >= 11 is 0. The fourth-order valence-corrected chi connectivity index (χ4v) is 4.45. The Labute approximate surface area is 204 Å². The van der Waals surface area contributed by atoms with E-state index in [0.717, 1.165) is 33.5 Å². The van der Waals surface area contributed by atoms with E-state index in [1.165, 1.54) is 0 Å². The molecule has 0 spiro atoms. The molecule has 0 fully saturated rings. The number of ketones is 1. The Morgan fingerprint density at radius 1 is 1.06 bits per heavy atom. The summed E-state index contributed by atoms with van der Waals surface area (Å²) in [6.45, 7) is 8.57. The molecule has 2 heterocycles. The van der Waals surface area contributed by atoms with Crippen molar-refractivity contribution in [3.05, 3.63) is 88.6 Å². The molecule has 0 saturated carbocycles. The van der Waals surface area contributed by atoms with Crippen molar-refractivity contribution in [1.82, 2.24) is 9.55 Å². The minimum atomic E-state index is -0.200. The van der Waals surface area contributed by atoms with Crippen LogP contribution in [0.5, 0.6) is 5.88 Å². The fourth-order valence-electron chi connectivity index (χ4n) is 3.88. The zero-order chi connectivity index (χ0) is 24.8. The molecule has 4 rings (SSSR count). The van der Waals surface area contributed by atoms with Crippen LogP contribution in [0.4, 0.5) is 5.69 Å². The third-order valence-electron chi connectivity index (χ3n) is 5.52. The molecule has 0 bridgehead atoms. The van der Waals surface area contributed by atoms with E-state index in [-0.39, 0.29) is 16.5 Å². The van der Waals surface area contributed by atoms with Crippen molar-refractivity contribution in [2.45, 2.75) is 34.2 Å². The van der Waals surface area contributed by atoms with Crippen LogP contribution in [0.2, 0.25) is 0 Å². The summed E-state index contributed by atoms with van der Waals surface area (Å²) in [5, 5.41) is 0.826. The molecule has 4 aromatic rings. The highest BCUT2D eigenvalue weighted by Gasteiger charge is 2.23. The van der Waals surface area contributed by atoms with Crippen molar-refractivity contribution < 1.29 is 9.53 Å². The molecule has 1 unspecified atom stereocenters.